The van der Waals surface area contributed by atoms with Crippen molar-refractivity contribution in [3.05, 3.63) is 42.2 Å². The SMILES string of the molecule is CN(C)Cc1nc(N)cc(-c2ccccc2)n1. The van der Waals surface area contributed by atoms with E-state index < -0.39 is 0 Å². The van der Waals surface area contributed by atoms with Crippen molar-refractivity contribution in [3.63, 3.8) is 0 Å². The topological polar surface area (TPSA) is 55.0 Å². The fraction of sp³-hybridized carbons (Fsp3) is 0.231. The summed E-state index contributed by atoms with van der Waals surface area (Å²) in [6.45, 7) is 0.685. The van der Waals surface area contributed by atoms with Crippen LogP contribution in [0.2, 0.25) is 0 Å². The third-order valence-corrected chi connectivity index (χ3v) is 2.32. The van der Waals surface area contributed by atoms with Gasteiger partial charge in [0.2, 0.25) is 0 Å². The molecule has 0 saturated heterocycles. The van der Waals surface area contributed by atoms with E-state index in [4.69, 9.17) is 5.73 Å². The van der Waals surface area contributed by atoms with Crippen LogP contribution in [-0.4, -0.2) is 29.0 Å². The predicted molar refractivity (Wildman–Crippen MR) is 69.3 cm³/mol. The van der Waals surface area contributed by atoms with Crippen molar-refractivity contribution in [1.29, 1.82) is 0 Å². The Bertz CT molecular complexity index is 494. The first-order chi connectivity index (χ1) is 8.15. The number of aromatic nitrogens is 2. The molecule has 1 aromatic heterocycles. The minimum Gasteiger partial charge on any atom is -0.384 e. The molecule has 88 valence electrons. The molecule has 0 unspecified atom stereocenters. The van der Waals surface area contributed by atoms with Crippen LogP contribution in [0.5, 0.6) is 0 Å². The second kappa shape index (κ2) is 4.93. The van der Waals surface area contributed by atoms with Gasteiger partial charge in [0.1, 0.15) is 11.6 Å². The molecule has 0 spiro atoms. The van der Waals surface area contributed by atoms with E-state index in [0.29, 0.717) is 12.4 Å². The van der Waals surface area contributed by atoms with E-state index in [-0.39, 0.29) is 0 Å². The standard InChI is InChI=1S/C13H16N4/c1-17(2)9-13-15-11(8-12(14)16-13)10-6-4-3-5-7-10/h3-8H,9H2,1-2H3,(H2,14,15,16). The molecule has 0 saturated carbocycles. The van der Waals surface area contributed by atoms with Crippen LogP contribution in [0.25, 0.3) is 11.3 Å². The molecule has 0 aliphatic carbocycles. The lowest BCUT2D eigenvalue weighted by molar-refractivity contribution is 0.391. The van der Waals surface area contributed by atoms with E-state index in [9.17, 15) is 0 Å². The molecule has 4 heteroatoms. The number of benzene rings is 1. The van der Waals surface area contributed by atoms with Crippen LogP contribution < -0.4 is 5.73 Å². The van der Waals surface area contributed by atoms with E-state index in [1.807, 2.05) is 49.3 Å². The lowest BCUT2D eigenvalue weighted by Gasteiger charge is -2.10. The predicted octanol–water partition coefficient (Wildman–Crippen LogP) is 1.79. The molecule has 17 heavy (non-hydrogen) atoms. The van der Waals surface area contributed by atoms with Crippen molar-refractivity contribution in [3.8, 4) is 11.3 Å². The van der Waals surface area contributed by atoms with Crippen LogP contribution in [0.4, 0.5) is 5.82 Å². The number of rotatable bonds is 3. The summed E-state index contributed by atoms with van der Waals surface area (Å²) in [4.78, 5) is 10.8. The van der Waals surface area contributed by atoms with Crippen molar-refractivity contribution < 1.29 is 0 Å². The Morgan fingerprint density at radius 3 is 2.47 bits per heavy atom. The summed E-state index contributed by atoms with van der Waals surface area (Å²) >= 11 is 0. The van der Waals surface area contributed by atoms with Crippen molar-refractivity contribution in [2.24, 2.45) is 0 Å². The average molecular weight is 228 g/mol. The first kappa shape index (κ1) is 11.5. The van der Waals surface area contributed by atoms with Crippen LogP contribution in [0.3, 0.4) is 0 Å². The smallest absolute Gasteiger partial charge is 0.145 e. The largest absolute Gasteiger partial charge is 0.384 e. The van der Waals surface area contributed by atoms with Gasteiger partial charge in [-0.25, -0.2) is 9.97 Å². The fourth-order valence-corrected chi connectivity index (χ4v) is 1.63. The molecular weight excluding hydrogens is 212 g/mol. The third kappa shape index (κ3) is 3.01. The van der Waals surface area contributed by atoms with Gasteiger partial charge in [-0.15, -0.1) is 0 Å². The molecule has 2 rings (SSSR count). The van der Waals surface area contributed by atoms with Gasteiger partial charge in [-0.1, -0.05) is 30.3 Å². The summed E-state index contributed by atoms with van der Waals surface area (Å²) in [7, 11) is 3.96. The molecule has 0 radical (unpaired) electrons. The zero-order valence-electron chi connectivity index (χ0n) is 10.1. The Morgan fingerprint density at radius 2 is 1.82 bits per heavy atom. The van der Waals surface area contributed by atoms with Gasteiger partial charge in [-0.3, -0.25) is 0 Å². The third-order valence-electron chi connectivity index (χ3n) is 2.32. The van der Waals surface area contributed by atoms with Crippen LogP contribution in [-0.2, 0) is 6.54 Å². The van der Waals surface area contributed by atoms with E-state index in [2.05, 4.69) is 9.97 Å². The second-order valence-electron chi connectivity index (χ2n) is 4.20. The van der Waals surface area contributed by atoms with Gasteiger partial charge in [0.05, 0.1) is 12.2 Å². The molecule has 4 nitrogen and oxygen atoms in total. The molecule has 0 bridgehead atoms. The van der Waals surface area contributed by atoms with E-state index in [1.165, 1.54) is 0 Å². The number of nitrogen functional groups attached to an aromatic ring is 1. The number of nitrogens with two attached hydrogens (primary N) is 1. The Balaban J connectivity index is 2.38. The molecule has 0 fully saturated rings. The number of anilines is 1. The first-order valence-corrected chi connectivity index (χ1v) is 5.49. The van der Waals surface area contributed by atoms with E-state index >= 15 is 0 Å². The molecule has 0 atom stereocenters. The molecule has 0 aliphatic heterocycles. The molecule has 0 amide bonds. The van der Waals surface area contributed by atoms with Crippen LogP contribution in [0.1, 0.15) is 5.82 Å². The van der Waals surface area contributed by atoms with Crippen molar-refractivity contribution >= 4 is 5.82 Å². The lowest BCUT2D eigenvalue weighted by atomic mass is 10.1. The van der Waals surface area contributed by atoms with Gasteiger partial charge in [0.25, 0.3) is 0 Å². The van der Waals surface area contributed by atoms with Gasteiger partial charge in [0.15, 0.2) is 0 Å². The van der Waals surface area contributed by atoms with Crippen molar-refractivity contribution in [2.75, 3.05) is 19.8 Å². The maximum absolute atomic E-state index is 5.80. The average Bonchev–Trinajstić information content (AvgIpc) is 2.28. The summed E-state index contributed by atoms with van der Waals surface area (Å²) in [6, 6.07) is 11.8. The molecule has 2 N–H and O–H groups in total. The number of nitrogens with zero attached hydrogens (tertiary/aromatic N) is 3. The fourth-order valence-electron chi connectivity index (χ4n) is 1.63. The van der Waals surface area contributed by atoms with Gasteiger partial charge in [-0.05, 0) is 14.1 Å². The van der Waals surface area contributed by atoms with E-state index in [0.717, 1.165) is 17.1 Å². The zero-order chi connectivity index (χ0) is 12.3. The van der Waals surface area contributed by atoms with Crippen LogP contribution in [0.15, 0.2) is 36.4 Å². The molecule has 1 heterocycles. The quantitative estimate of drug-likeness (QED) is 0.870. The van der Waals surface area contributed by atoms with Crippen molar-refractivity contribution in [1.82, 2.24) is 14.9 Å². The molecule has 1 aromatic carbocycles. The molecule has 0 aliphatic rings. The Kier molecular flexibility index (Phi) is 3.35. The highest BCUT2D eigenvalue weighted by molar-refractivity contribution is 5.61. The van der Waals surface area contributed by atoms with Gasteiger partial charge >= 0.3 is 0 Å². The highest BCUT2D eigenvalue weighted by Crippen LogP contribution is 2.18. The van der Waals surface area contributed by atoms with Gasteiger partial charge < -0.3 is 10.6 Å². The Labute approximate surface area is 101 Å². The van der Waals surface area contributed by atoms with Gasteiger partial charge in [-0.2, -0.15) is 0 Å². The van der Waals surface area contributed by atoms with Crippen molar-refractivity contribution in [2.45, 2.75) is 6.54 Å². The highest BCUT2D eigenvalue weighted by atomic mass is 15.1. The monoisotopic (exact) mass is 228 g/mol. The summed E-state index contributed by atoms with van der Waals surface area (Å²) in [5, 5.41) is 0. The summed E-state index contributed by atoms with van der Waals surface area (Å²) in [5.41, 5.74) is 7.73. The molecular formula is C13H16N4. The maximum atomic E-state index is 5.80. The van der Waals surface area contributed by atoms with Gasteiger partial charge in [0, 0.05) is 11.6 Å². The maximum Gasteiger partial charge on any atom is 0.145 e. The molecule has 2 aromatic rings. The zero-order valence-corrected chi connectivity index (χ0v) is 10.1. The normalized spacial score (nSPS) is 10.8. The summed E-state index contributed by atoms with van der Waals surface area (Å²) in [5.74, 6) is 1.25. The number of hydrogen-bond donors (Lipinski definition) is 1. The highest BCUT2D eigenvalue weighted by Gasteiger charge is 2.05. The summed E-state index contributed by atoms with van der Waals surface area (Å²) in [6.07, 6.45) is 0. The van der Waals surface area contributed by atoms with Crippen LogP contribution >= 0.6 is 0 Å². The lowest BCUT2D eigenvalue weighted by Crippen LogP contribution is -2.14. The Morgan fingerprint density at radius 1 is 1.12 bits per heavy atom. The first-order valence-electron chi connectivity index (χ1n) is 5.49. The number of hydrogen-bond acceptors (Lipinski definition) is 4. The van der Waals surface area contributed by atoms with Crippen LogP contribution in [0, 0.1) is 0 Å². The second-order valence-corrected chi connectivity index (χ2v) is 4.20. The summed E-state index contributed by atoms with van der Waals surface area (Å²) < 4.78 is 0. The minimum absolute atomic E-state index is 0.510. The minimum atomic E-state index is 0.510. The Hall–Kier alpha value is -1.94. The van der Waals surface area contributed by atoms with E-state index in [1.54, 1.807) is 6.07 Å².